The van der Waals surface area contributed by atoms with E-state index in [1.54, 1.807) is 24.5 Å². The fraction of sp³-hybridized carbons (Fsp3) is 0. The number of fused-ring (bicyclic) bond motifs is 1. The van der Waals surface area contributed by atoms with Crippen LogP contribution in [0.25, 0.3) is 33.6 Å². The van der Waals surface area contributed by atoms with Gasteiger partial charge in [-0.1, -0.05) is 0 Å². The zero-order chi connectivity index (χ0) is 26.2. The number of pyridine rings is 2. The smallest absolute Gasteiger partial charge is 0.142 e. The topological polar surface area (TPSA) is 120 Å². The van der Waals surface area contributed by atoms with Gasteiger partial charge < -0.3 is 20.6 Å². The summed E-state index contributed by atoms with van der Waals surface area (Å²) in [6, 6.07) is 11.2. The molecule has 0 saturated heterocycles. The van der Waals surface area contributed by atoms with Crippen LogP contribution >= 0.6 is 50.5 Å². The van der Waals surface area contributed by atoms with Crippen molar-refractivity contribution in [3.63, 3.8) is 0 Å². The normalized spacial score (nSPS) is 11.2. The Morgan fingerprint density at radius 3 is 1.58 bits per heavy atom. The SMILES string of the molecule is Sc1ccc(S)c(-c2c[nH]c(Nc3ncnc(Nc4cc(-c5nc(S)ccc5S)c[nH]4)c4cncc3-4)c2)n1. The molecule has 4 aromatic heterocycles. The first-order valence-electron chi connectivity index (χ1n) is 11.2. The number of nitrogens with zero attached hydrogens (tertiary/aromatic N) is 5. The maximum atomic E-state index is 4.52. The van der Waals surface area contributed by atoms with E-state index < -0.39 is 0 Å². The van der Waals surface area contributed by atoms with Crippen molar-refractivity contribution < 1.29 is 0 Å². The summed E-state index contributed by atoms with van der Waals surface area (Å²) in [5.74, 6) is 2.64. The Balaban J connectivity index is 1.26. The highest BCUT2D eigenvalue weighted by molar-refractivity contribution is 7.81. The Bertz CT molecular complexity index is 1620. The summed E-state index contributed by atoms with van der Waals surface area (Å²) in [5.41, 5.74) is 4.79. The molecule has 2 aliphatic rings. The van der Waals surface area contributed by atoms with Crippen molar-refractivity contribution in [1.29, 1.82) is 0 Å². The Morgan fingerprint density at radius 1 is 0.632 bits per heavy atom. The minimum absolute atomic E-state index is 0.593. The van der Waals surface area contributed by atoms with E-state index in [0.717, 1.165) is 55.1 Å². The van der Waals surface area contributed by atoms with Crippen LogP contribution in [0.4, 0.5) is 23.3 Å². The van der Waals surface area contributed by atoms with Gasteiger partial charge in [-0.05, 0) is 36.4 Å². The Kier molecular flexibility index (Phi) is 6.66. The van der Waals surface area contributed by atoms with Gasteiger partial charge >= 0.3 is 0 Å². The van der Waals surface area contributed by atoms with Crippen LogP contribution in [0.3, 0.4) is 0 Å². The van der Waals surface area contributed by atoms with Crippen LogP contribution in [0.5, 0.6) is 0 Å². The van der Waals surface area contributed by atoms with Gasteiger partial charge in [-0.25, -0.2) is 19.9 Å². The van der Waals surface area contributed by atoms with Crippen LogP contribution in [-0.2, 0) is 0 Å². The van der Waals surface area contributed by atoms with E-state index in [4.69, 9.17) is 0 Å². The molecule has 6 rings (SSSR count). The number of anilines is 4. The summed E-state index contributed by atoms with van der Waals surface area (Å²) in [5, 5.41) is 7.89. The Labute approximate surface area is 239 Å². The van der Waals surface area contributed by atoms with Crippen LogP contribution in [0, 0.1) is 0 Å². The number of nitrogens with one attached hydrogen (secondary N) is 4. The van der Waals surface area contributed by atoms with E-state index in [2.05, 4.69) is 96.0 Å². The molecule has 0 aromatic carbocycles. The highest BCUT2D eigenvalue weighted by Gasteiger charge is 2.17. The van der Waals surface area contributed by atoms with E-state index in [1.807, 2.05) is 36.7 Å². The summed E-state index contributed by atoms with van der Waals surface area (Å²) in [6.07, 6.45) is 8.68. The molecule has 9 nitrogen and oxygen atoms in total. The molecule has 0 radical (unpaired) electrons. The molecule has 38 heavy (non-hydrogen) atoms. The molecule has 188 valence electrons. The summed E-state index contributed by atoms with van der Waals surface area (Å²) in [4.78, 5) is 30.3. The zero-order valence-electron chi connectivity index (χ0n) is 19.4. The lowest BCUT2D eigenvalue weighted by Gasteiger charge is -2.07. The van der Waals surface area contributed by atoms with Gasteiger partial charge in [-0.3, -0.25) is 4.98 Å². The average molecular weight is 574 g/mol. The lowest BCUT2D eigenvalue weighted by atomic mass is 10.2. The van der Waals surface area contributed by atoms with Crippen molar-refractivity contribution in [1.82, 2.24) is 34.9 Å². The van der Waals surface area contributed by atoms with E-state index in [1.165, 1.54) is 6.33 Å². The lowest BCUT2D eigenvalue weighted by molar-refractivity contribution is 1.11. The van der Waals surface area contributed by atoms with E-state index in [9.17, 15) is 0 Å². The van der Waals surface area contributed by atoms with Crippen molar-refractivity contribution in [3.05, 3.63) is 67.5 Å². The molecule has 0 aliphatic carbocycles. The van der Waals surface area contributed by atoms with Gasteiger partial charge in [0, 0.05) is 56.8 Å². The maximum Gasteiger partial charge on any atom is 0.142 e. The number of H-pyrrole nitrogens is 2. The van der Waals surface area contributed by atoms with Gasteiger partial charge in [-0.15, -0.1) is 50.5 Å². The van der Waals surface area contributed by atoms with Crippen LogP contribution in [0.1, 0.15) is 0 Å². The van der Waals surface area contributed by atoms with Crippen LogP contribution in [0.15, 0.2) is 87.4 Å². The minimum atomic E-state index is 0.593. The van der Waals surface area contributed by atoms with Gasteiger partial charge in [0.25, 0.3) is 0 Å². The van der Waals surface area contributed by atoms with Crippen molar-refractivity contribution in [2.75, 3.05) is 10.6 Å². The van der Waals surface area contributed by atoms with Crippen LogP contribution in [-0.4, -0.2) is 34.9 Å². The highest BCUT2D eigenvalue weighted by Crippen LogP contribution is 2.36. The molecule has 4 aromatic rings. The second-order valence-electron chi connectivity index (χ2n) is 8.23. The first kappa shape index (κ1) is 24.7. The monoisotopic (exact) mass is 573 g/mol. The van der Waals surface area contributed by atoms with E-state index in [-0.39, 0.29) is 0 Å². The second-order valence-corrected chi connectivity index (χ2v) is 10.1. The number of aromatic nitrogens is 7. The summed E-state index contributed by atoms with van der Waals surface area (Å²) in [6.45, 7) is 0. The molecule has 4 N–H and O–H groups in total. The van der Waals surface area contributed by atoms with E-state index in [0.29, 0.717) is 21.7 Å². The predicted molar refractivity (Wildman–Crippen MR) is 160 cm³/mol. The van der Waals surface area contributed by atoms with Crippen molar-refractivity contribution >= 4 is 73.8 Å². The largest absolute Gasteiger partial charge is 0.347 e. The molecular formula is C25H19N9S4. The minimum Gasteiger partial charge on any atom is -0.347 e. The third-order valence-corrected chi connectivity index (χ3v) is 6.94. The average Bonchev–Trinajstić information content (AvgIpc) is 3.65. The number of hydrogen-bond acceptors (Lipinski definition) is 11. The molecule has 0 unspecified atom stereocenters. The summed E-state index contributed by atoms with van der Waals surface area (Å²) in [7, 11) is 0. The van der Waals surface area contributed by atoms with Gasteiger partial charge in [0.15, 0.2) is 0 Å². The second kappa shape index (κ2) is 10.3. The fourth-order valence-corrected chi connectivity index (χ4v) is 4.81. The predicted octanol–water partition coefficient (Wildman–Crippen LogP) is 6.40. The number of hydrogen-bond donors (Lipinski definition) is 8. The molecule has 0 fully saturated rings. The van der Waals surface area contributed by atoms with Gasteiger partial charge in [-0.2, -0.15) is 0 Å². The van der Waals surface area contributed by atoms with E-state index >= 15 is 0 Å². The van der Waals surface area contributed by atoms with Crippen molar-refractivity contribution in [3.8, 4) is 33.6 Å². The van der Waals surface area contributed by atoms with Crippen LogP contribution in [0.2, 0.25) is 0 Å². The molecule has 0 bridgehead atoms. The van der Waals surface area contributed by atoms with Gasteiger partial charge in [0.2, 0.25) is 0 Å². The van der Waals surface area contributed by atoms with Gasteiger partial charge in [0.05, 0.1) is 21.4 Å². The summed E-state index contributed by atoms with van der Waals surface area (Å²) < 4.78 is 0. The lowest BCUT2D eigenvalue weighted by Crippen LogP contribution is -1.95. The van der Waals surface area contributed by atoms with Crippen molar-refractivity contribution in [2.24, 2.45) is 0 Å². The summed E-state index contributed by atoms with van der Waals surface area (Å²) >= 11 is 17.7. The molecule has 6 heterocycles. The first-order valence-corrected chi connectivity index (χ1v) is 13.0. The number of rotatable bonds is 6. The maximum absolute atomic E-state index is 4.52. The fourth-order valence-electron chi connectivity index (χ4n) is 3.95. The van der Waals surface area contributed by atoms with Crippen LogP contribution < -0.4 is 10.6 Å². The molecular weight excluding hydrogens is 555 g/mol. The quantitative estimate of drug-likeness (QED) is 0.109. The molecule has 0 amide bonds. The molecule has 13 heteroatoms. The highest BCUT2D eigenvalue weighted by atomic mass is 32.1. The molecule has 0 saturated carbocycles. The van der Waals surface area contributed by atoms with Crippen molar-refractivity contribution in [2.45, 2.75) is 19.8 Å². The number of aromatic amines is 2. The standard InChI is InChI=1S/C25H19N9S4/c35-16-1-3-20(37)33-22(16)12-5-18(27-7-12)31-24-14-9-26-10-15(14)25(30-11-29-24)32-19-6-13(8-28-19)23-17(36)2-4-21(38)34-23/h1-11,27-28,35-36H,(H,33,37)(H,34,38)(H2,29,30,31,32). The number of thiol groups is 4. The molecule has 0 spiro atoms. The Morgan fingerprint density at radius 2 is 1.11 bits per heavy atom. The van der Waals surface area contributed by atoms with Gasteiger partial charge in [0.1, 0.15) is 29.6 Å². The molecule has 0 atom stereocenters. The first-order chi connectivity index (χ1) is 18.4. The third-order valence-electron chi connectivity index (χ3n) is 5.72. The third kappa shape index (κ3) is 4.92. The zero-order valence-corrected chi connectivity index (χ0v) is 23.0. The Hall–Kier alpha value is -3.65. The molecule has 2 aliphatic heterocycles.